The van der Waals surface area contributed by atoms with E-state index < -0.39 is 0 Å². The summed E-state index contributed by atoms with van der Waals surface area (Å²) in [5, 5.41) is 6.29. The Bertz CT molecular complexity index is 488. The number of unbranched alkanes of at least 4 members (excludes halogenated alkanes) is 1. The van der Waals surface area contributed by atoms with Crippen molar-refractivity contribution < 1.29 is 9.21 Å². The number of nitrogens with one attached hydrogen (secondary N) is 2. The smallest absolute Gasteiger partial charge is 0.273 e. The van der Waals surface area contributed by atoms with Crippen LogP contribution in [-0.2, 0) is 0 Å². The van der Waals surface area contributed by atoms with Crippen LogP contribution in [0.1, 0.15) is 86.6 Å². The summed E-state index contributed by atoms with van der Waals surface area (Å²) in [4.78, 5) is 16.4. The van der Waals surface area contributed by atoms with Gasteiger partial charge in [0.15, 0.2) is 5.69 Å². The maximum Gasteiger partial charge on any atom is 0.273 e. The van der Waals surface area contributed by atoms with Crippen molar-refractivity contribution in [2.45, 2.75) is 70.3 Å². The molecule has 5 heteroatoms. The van der Waals surface area contributed by atoms with Crippen LogP contribution in [0, 0.1) is 5.92 Å². The van der Waals surface area contributed by atoms with Crippen LogP contribution in [-0.4, -0.2) is 24.0 Å². The topological polar surface area (TPSA) is 67.2 Å². The van der Waals surface area contributed by atoms with Gasteiger partial charge in [0.2, 0.25) is 5.89 Å². The molecule has 0 aromatic carbocycles. The van der Waals surface area contributed by atoms with E-state index in [4.69, 9.17) is 4.42 Å². The van der Waals surface area contributed by atoms with E-state index in [1.54, 1.807) is 0 Å². The highest BCUT2D eigenvalue weighted by Crippen LogP contribution is 2.27. The summed E-state index contributed by atoms with van der Waals surface area (Å²) in [6, 6.07) is 0.173. The molecule has 2 aliphatic rings. The molecule has 0 spiro atoms. The molecule has 1 aromatic heterocycles. The van der Waals surface area contributed by atoms with E-state index in [1.807, 2.05) is 0 Å². The van der Waals surface area contributed by atoms with Gasteiger partial charge in [0.25, 0.3) is 5.91 Å². The predicted molar refractivity (Wildman–Crippen MR) is 89.2 cm³/mol. The Labute approximate surface area is 138 Å². The first-order valence-electron chi connectivity index (χ1n) is 9.30. The molecule has 23 heavy (non-hydrogen) atoms. The van der Waals surface area contributed by atoms with Gasteiger partial charge in [0.1, 0.15) is 6.26 Å². The minimum atomic E-state index is -0.115. The average molecular weight is 319 g/mol. The van der Waals surface area contributed by atoms with Crippen LogP contribution in [0.2, 0.25) is 0 Å². The van der Waals surface area contributed by atoms with Crippen LogP contribution < -0.4 is 10.6 Å². The second-order valence-electron chi connectivity index (χ2n) is 6.98. The molecule has 0 radical (unpaired) electrons. The van der Waals surface area contributed by atoms with E-state index >= 15 is 0 Å². The Balaban J connectivity index is 1.32. The minimum Gasteiger partial charge on any atom is -0.446 e. The van der Waals surface area contributed by atoms with Gasteiger partial charge in [-0.05, 0) is 31.7 Å². The van der Waals surface area contributed by atoms with Crippen LogP contribution in [0.15, 0.2) is 10.7 Å². The largest absolute Gasteiger partial charge is 0.446 e. The number of amides is 1. The lowest BCUT2D eigenvalue weighted by molar-refractivity contribution is 0.0947. The van der Waals surface area contributed by atoms with E-state index in [2.05, 4.69) is 15.6 Å². The standard InChI is InChI=1S/C18H29N3O2/c22-17(16-13-23-18(21-16)15-10-6-12-19-15)20-11-5-4-9-14-7-2-1-3-8-14/h13-15,19H,1-12H2,(H,20,22)/t15-/m0/s1. The quantitative estimate of drug-likeness (QED) is 0.754. The van der Waals surface area contributed by atoms with Gasteiger partial charge in [-0.1, -0.05) is 44.9 Å². The third kappa shape index (κ3) is 4.80. The van der Waals surface area contributed by atoms with Crippen LogP contribution >= 0.6 is 0 Å². The highest BCUT2D eigenvalue weighted by atomic mass is 16.3. The first-order valence-corrected chi connectivity index (χ1v) is 9.30. The molecule has 1 atom stereocenters. The average Bonchev–Trinajstić information content (AvgIpc) is 3.26. The van der Waals surface area contributed by atoms with Crippen molar-refractivity contribution in [2.75, 3.05) is 13.1 Å². The zero-order chi connectivity index (χ0) is 15.9. The van der Waals surface area contributed by atoms with E-state index in [1.165, 1.54) is 51.2 Å². The fourth-order valence-electron chi connectivity index (χ4n) is 3.77. The molecule has 1 aliphatic heterocycles. The lowest BCUT2D eigenvalue weighted by Gasteiger charge is -2.21. The van der Waals surface area contributed by atoms with Crippen molar-refractivity contribution in [3.63, 3.8) is 0 Å². The van der Waals surface area contributed by atoms with Gasteiger partial charge in [-0.25, -0.2) is 4.98 Å². The first-order chi connectivity index (χ1) is 11.3. The summed E-state index contributed by atoms with van der Waals surface area (Å²) in [6.45, 7) is 1.73. The number of aromatic nitrogens is 1. The van der Waals surface area contributed by atoms with Gasteiger partial charge in [-0.15, -0.1) is 0 Å². The molecule has 2 heterocycles. The number of carbonyl (C=O) groups excluding carboxylic acids is 1. The molecule has 1 saturated carbocycles. The molecule has 3 rings (SSSR count). The van der Waals surface area contributed by atoms with E-state index in [9.17, 15) is 4.79 Å². The Morgan fingerprint density at radius 2 is 2.09 bits per heavy atom. The summed E-state index contributed by atoms with van der Waals surface area (Å²) < 4.78 is 5.44. The van der Waals surface area contributed by atoms with Crippen molar-refractivity contribution in [1.82, 2.24) is 15.6 Å². The molecule has 128 valence electrons. The van der Waals surface area contributed by atoms with Gasteiger partial charge in [-0.3, -0.25) is 4.79 Å². The lowest BCUT2D eigenvalue weighted by Crippen LogP contribution is -2.25. The molecular weight excluding hydrogens is 290 g/mol. The summed E-state index contributed by atoms with van der Waals surface area (Å²) in [5.41, 5.74) is 0.404. The zero-order valence-corrected chi connectivity index (χ0v) is 14.0. The van der Waals surface area contributed by atoms with Gasteiger partial charge in [0, 0.05) is 6.54 Å². The fourth-order valence-corrected chi connectivity index (χ4v) is 3.77. The maximum absolute atomic E-state index is 12.1. The van der Waals surface area contributed by atoms with Crippen molar-refractivity contribution in [3.05, 3.63) is 17.8 Å². The Morgan fingerprint density at radius 3 is 2.87 bits per heavy atom. The van der Waals surface area contributed by atoms with Crippen molar-refractivity contribution in [2.24, 2.45) is 5.92 Å². The van der Waals surface area contributed by atoms with Crippen LogP contribution in [0.25, 0.3) is 0 Å². The third-order valence-electron chi connectivity index (χ3n) is 5.16. The van der Waals surface area contributed by atoms with Crippen LogP contribution in [0.5, 0.6) is 0 Å². The molecule has 1 aliphatic carbocycles. The third-order valence-corrected chi connectivity index (χ3v) is 5.16. The summed E-state index contributed by atoms with van der Waals surface area (Å²) in [6.07, 6.45) is 14.3. The zero-order valence-electron chi connectivity index (χ0n) is 14.0. The predicted octanol–water partition coefficient (Wildman–Crippen LogP) is 3.58. The number of nitrogens with zero attached hydrogens (tertiary/aromatic N) is 1. The number of rotatable bonds is 7. The van der Waals surface area contributed by atoms with Gasteiger partial charge in [-0.2, -0.15) is 0 Å². The first kappa shape index (κ1) is 16.5. The van der Waals surface area contributed by atoms with Crippen molar-refractivity contribution >= 4 is 5.91 Å². The summed E-state index contributed by atoms with van der Waals surface area (Å²) in [5.74, 6) is 1.46. The van der Waals surface area contributed by atoms with Gasteiger partial charge < -0.3 is 15.1 Å². The molecule has 2 fully saturated rings. The van der Waals surface area contributed by atoms with E-state index in [-0.39, 0.29) is 11.9 Å². The van der Waals surface area contributed by atoms with Crippen LogP contribution in [0.4, 0.5) is 0 Å². The van der Waals surface area contributed by atoms with E-state index in [0.717, 1.165) is 38.3 Å². The number of hydrogen-bond acceptors (Lipinski definition) is 4. The molecule has 0 unspecified atom stereocenters. The molecule has 0 bridgehead atoms. The van der Waals surface area contributed by atoms with E-state index in [0.29, 0.717) is 11.6 Å². The molecular formula is C18H29N3O2. The SMILES string of the molecule is O=C(NCCCCC1CCCCC1)c1coc([C@@H]2CCCN2)n1. The second kappa shape index (κ2) is 8.48. The number of carbonyl (C=O) groups is 1. The Hall–Kier alpha value is -1.36. The highest BCUT2D eigenvalue weighted by molar-refractivity contribution is 5.91. The normalized spacial score (nSPS) is 22.3. The molecule has 1 aromatic rings. The van der Waals surface area contributed by atoms with Gasteiger partial charge in [0.05, 0.1) is 6.04 Å². The second-order valence-corrected chi connectivity index (χ2v) is 6.98. The number of oxazole rings is 1. The van der Waals surface area contributed by atoms with Crippen molar-refractivity contribution in [1.29, 1.82) is 0 Å². The summed E-state index contributed by atoms with van der Waals surface area (Å²) >= 11 is 0. The Morgan fingerprint density at radius 1 is 1.22 bits per heavy atom. The summed E-state index contributed by atoms with van der Waals surface area (Å²) in [7, 11) is 0. The minimum absolute atomic E-state index is 0.115. The maximum atomic E-state index is 12.1. The Kier molecular flexibility index (Phi) is 6.08. The van der Waals surface area contributed by atoms with Crippen LogP contribution in [0.3, 0.4) is 0 Å². The highest BCUT2D eigenvalue weighted by Gasteiger charge is 2.22. The fraction of sp³-hybridized carbons (Fsp3) is 0.778. The molecule has 1 saturated heterocycles. The molecule has 1 amide bonds. The molecule has 5 nitrogen and oxygen atoms in total. The van der Waals surface area contributed by atoms with Gasteiger partial charge >= 0.3 is 0 Å². The monoisotopic (exact) mass is 319 g/mol. The number of hydrogen-bond donors (Lipinski definition) is 2. The lowest BCUT2D eigenvalue weighted by atomic mass is 9.86. The molecule has 2 N–H and O–H groups in total. The van der Waals surface area contributed by atoms with Crippen molar-refractivity contribution in [3.8, 4) is 0 Å².